The van der Waals surface area contributed by atoms with E-state index in [2.05, 4.69) is 5.32 Å². The van der Waals surface area contributed by atoms with Gasteiger partial charge in [0.05, 0.1) is 6.61 Å². The van der Waals surface area contributed by atoms with Crippen LogP contribution in [0, 0.1) is 5.82 Å². The number of amides is 1. The predicted molar refractivity (Wildman–Crippen MR) is 80.8 cm³/mol. The summed E-state index contributed by atoms with van der Waals surface area (Å²) in [5.41, 5.74) is 7.59. The standard InChI is InChI=1S/C16H17FN2O2/c1-21-7-6-11-4-2-3-5-15(11)19-16(20)12-8-13(17)10-14(18)9-12/h2-5,8-10H,6-7,18H2,1H3,(H,19,20). The fourth-order valence-electron chi connectivity index (χ4n) is 2.01. The molecule has 0 atom stereocenters. The molecule has 0 spiro atoms. The van der Waals surface area contributed by atoms with Gasteiger partial charge in [0.2, 0.25) is 0 Å². The minimum atomic E-state index is -0.534. The van der Waals surface area contributed by atoms with Crippen molar-refractivity contribution >= 4 is 17.3 Å². The zero-order chi connectivity index (χ0) is 15.2. The number of para-hydroxylation sites is 1. The maximum absolute atomic E-state index is 13.3. The number of rotatable bonds is 5. The summed E-state index contributed by atoms with van der Waals surface area (Å²) in [6.45, 7) is 0.555. The molecule has 2 rings (SSSR count). The number of carbonyl (C=O) groups is 1. The Morgan fingerprint density at radius 1 is 1.29 bits per heavy atom. The second kappa shape index (κ2) is 6.85. The first-order valence-electron chi connectivity index (χ1n) is 6.54. The Kier molecular flexibility index (Phi) is 4.90. The SMILES string of the molecule is COCCc1ccccc1NC(=O)c1cc(N)cc(F)c1. The predicted octanol–water partition coefficient (Wildman–Crippen LogP) is 2.85. The minimum absolute atomic E-state index is 0.189. The Labute approximate surface area is 122 Å². The highest BCUT2D eigenvalue weighted by atomic mass is 19.1. The van der Waals surface area contributed by atoms with E-state index in [9.17, 15) is 9.18 Å². The van der Waals surface area contributed by atoms with E-state index in [-0.39, 0.29) is 11.3 Å². The summed E-state index contributed by atoms with van der Waals surface area (Å²) in [7, 11) is 1.62. The number of methoxy groups -OCH3 is 1. The van der Waals surface area contributed by atoms with E-state index in [0.29, 0.717) is 18.7 Å². The largest absolute Gasteiger partial charge is 0.399 e. The van der Waals surface area contributed by atoms with Gasteiger partial charge < -0.3 is 15.8 Å². The van der Waals surface area contributed by atoms with Crippen molar-refractivity contribution in [3.63, 3.8) is 0 Å². The van der Waals surface area contributed by atoms with Gasteiger partial charge in [-0.3, -0.25) is 4.79 Å². The monoisotopic (exact) mass is 288 g/mol. The van der Waals surface area contributed by atoms with Gasteiger partial charge in [-0.25, -0.2) is 4.39 Å². The Hall–Kier alpha value is -2.40. The Morgan fingerprint density at radius 3 is 2.76 bits per heavy atom. The van der Waals surface area contributed by atoms with Crippen LogP contribution < -0.4 is 11.1 Å². The van der Waals surface area contributed by atoms with Crippen LogP contribution in [0.2, 0.25) is 0 Å². The average molecular weight is 288 g/mol. The van der Waals surface area contributed by atoms with E-state index in [1.54, 1.807) is 13.2 Å². The van der Waals surface area contributed by atoms with Gasteiger partial charge in [0, 0.05) is 24.0 Å². The normalized spacial score (nSPS) is 10.4. The fraction of sp³-hybridized carbons (Fsp3) is 0.188. The first-order valence-corrected chi connectivity index (χ1v) is 6.54. The van der Waals surface area contributed by atoms with Crippen molar-refractivity contribution in [2.75, 3.05) is 24.8 Å². The molecule has 4 nitrogen and oxygen atoms in total. The molecule has 0 aromatic heterocycles. The Balaban J connectivity index is 2.19. The molecule has 0 aliphatic rings. The molecular weight excluding hydrogens is 271 g/mol. The zero-order valence-corrected chi connectivity index (χ0v) is 11.7. The lowest BCUT2D eigenvalue weighted by atomic mass is 10.1. The van der Waals surface area contributed by atoms with Crippen LogP contribution in [0.4, 0.5) is 15.8 Å². The molecule has 21 heavy (non-hydrogen) atoms. The van der Waals surface area contributed by atoms with Crippen LogP contribution in [0.15, 0.2) is 42.5 Å². The summed E-state index contributed by atoms with van der Waals surface area (Å²) < 4.78 is 18.3. The van der Waals surface area contributed by atoms with E-state index in [1.165, 1.54) is 12.1 Å². The van der Waals surface area contributed by atoms with Crippen molar-refractivity contribution in [1.29, 1.82) is 0 Å². The van der Waals surface area contributed by atoms with Gasteiger partial charge >= 0.3 is 0 Å². The highest BCUT2D eigenvalue weighted by Crippen LogP contribution is 2.18. The molecule has 2 aromatic carbocycles. The summed E-state index contributed by atoms with van der Waals surface area (Å²) in [6, 6.07) is 11.2. The number of ether oxygens (including phenoxy) is 1. The van der Waals surface area contributed by atoms with Gasteiger partial charge in [-0.1, -0.05) is 18.2 Å². The van der Waals surface area contributed by atoms with Crippen molar-refractivity contribution in [3.05, 3.63) is 59.4 Å². The number of benzene rings is 2. The third-order valence-corrected chi connectivity index (χ3v) is 3.02. The van der Waals surface area contributed by atoms with Gasteiger partial charge in [0.1, 0.15) is 5.82 Å². The second-order valence-corrected chi connectivity index (χ2v) is 4.63. The van der Waals surface area contributed by atoms with Crippen LogP contribution in [0.3, 0.4) is 0 Å². The third-order valence-electron chi connectivity index (χ3n) is 3.02. The quantitative estimate of drug-likeness (QED) is 0.831. The number of nitrogens with two attached hydrogens (primary N) is 1. The number of carbonyl (C=O) groups excluding carboxylic acids is 1. The van der Waals surface area contributed by atoms with Gasteiger partial charge in [-0.05, 0) is 36.2 Å². The first-order chi connectivity index (χ1) is 10.1. The molecule has 0 heterocycles. The van der Waals surface area contributed by atoms with E-state index in [0.717, 1.165) is 11.6 Å². The van der Waals surface area contributed by atoms with E-state index in [4.69, 9.17) is 10.5 Å². The van der Waals surface area contributed by atoms with Gasteiger partial charge in [-0.2, -0.15) is 0 Å². The summed E-state index contributed by atoms with van der Waals surface area (Å²) in [5, 5.41) is 2.77. The van der Waals surface area contributed by atoms with E-state index in [1.807, 2.05) is 18.2 Å². The van der Waals surface area contributed by atoms with Crippen molar-refractivity contribution in [1.82, 2.24) is 0 Å². The molecule has 0 fully saturated rings. The fourth-order valence-corrected chi connectivity index (χ4v) is 2.01. The molecule has 0 bridgehead atoms. The maximum Gasteiger partial charge on any atom is 0.255 e. The molecule has 1 amide bonds. The molecule has 0 radical (unpaired) electrons. The van der Waals surface area contributed by atoms with E-state index >= 15 is 0 Å². The Bertz CT molecular complexity index is 624. The first kappa shape index (κ1) is 15.0. The van der Waals surface area contributed by atoms with Crippen LogP contribution >= 0.6 is 0 Å². The summed E-state index contributed by atoms with van der Waals surface area (Å²) >= 11 is 0. The lowest BCUT2D eigenvalue weighted by Gasteiger charge is -2.11. The molecule has 0 unspecified atom stereocenters. The average Bonchev–Trinajstić information content (AvgIpc) is 2.45. The molecule has 110 valence electrons. The minimum Gasteiger partial charge on any atom is -0.399 e. The van der Waals surface area contributed by atoms with Crippen molar-refractivity contribution in [2.45, 2.75) is 6.42 Å². The van der Waals surface area contributed by atoms with E-state index < -0.39 is 11.7 Å². The lowest BCUT2D eigenvalue weighted by Crippen LogP contribution is -2.14. The van der Waals surface area contributed by atoms with Crippen LogP contribution in [0.25, 0.3) is 0 Å². The highest BCUT2D eigenvalue weighted by Gasteiger charge is 2.10. The zero-order valence-electron chi connectivity index (χ0n) is 11.7. The van der Waals surface area contributed by atoms with Gasteiger partial charge in [-0.15, -0.1) is 0 Å². The van der Waals surface area contributed by atoms with Gasteiger partial charge in [0.15, 0.2) is 0 Å². The molecule has 0 saturated carbocycles. The molecule has 3 N–H and O–H groups in total. The summed E-state index contributed by atoms with van der Waals surface area (Å²) in [4.78, 5) is 12.2. The van der Waals surface area contributed by atoms with Gasteiger partial charge in [0.25, 0.3) is 5.91 Å². The smallest absolute Gasteiger partial charge is 0.255 e. The lowest BCUT2D eigenvalue weighted by molar-refractivity contribution is 0.102. The van der Waals surface area contributed by atoms with Crippen molar-refractivity contribution in [2.24, 2.45) is 0 Å². The van der Waals surface area contributed by atoms with Crippen LogP contribution in [0.5, 0.6) is 0 Å². The molecule has 0 saturated heterocycles. The maximum atomic E-state index is 13.3. The highest BCUT2D eigenvalue weighted by molar-refractivity contribution is 6.05. The number of nitrogen functional groups attached to an aromatic ring is 1. The van der Waals surface area contributed by atoms with Crippen molar-refractivity contribution in [3.8, 4) is 0 Å². The number of hydrogen-bond acceptors (Lipinski definition) is 3. The molecule has 2 aromatic rings. The third kappa shape index (κ3) is 4.03. The number of hydrogen-bond donors (Lipinski definition) is 2. The summed E-state index contributed by atoms with van der Waals surface area (Å²) in [6.07, 6.45) is 0.679. The van der Waals surface area contributed by atoms with Crippen molar-refractivity contribution < 1.29 is 13.9 Å². The Morgan fingerprint density at radius 2 is 2.05 bits per heavy atom. The number of nitrogens with one attached hydrogen (secondary N) is 1. The number of anilines is 2. The molecule has 0 aliphatic carbocycles. The van der Waals surface area contributed by atoms with Crippen LogP contribution in [-0.2, 0) is 11.2 Å². The summed E-state index contributed by atoms with van der Waals surface area (Å²) in [5.74, 6) is -0.932. The van der Waals surface area contributed by atoms with Crippen LogP contribution in [-0.4, -0.2) is 19.6 Å². The molecule has 5 heteroatoms. The number of halogens is 1. The van der Waals surface area contributed by atoms with Crippen LogP contribution in [0.1, 0.15) is 15.9 Å². The topological polar surface area (TPSA) is 64.3 Å². The molecular formula is C16H17FN2O2. The second-order valence-electron chi connectivity index (χ2n) is 4.63. The molecule has 0 aliphatic heterocycles.